The Labute approximate surface area is 121 Å². The Hall–Kier alpha value is -1.36. The molecule has 0 fully saturated rings. The summed E-state index contributed by atoms with van der Waals surface area (Å²) < 4.78 is 6.76. The summed E-state index contributed by atoms with van der Waals surface area (Å²) >= 11 is 0. The van der Waals surface area contributed by atoms with E-state index in [1.807, 2.05) is 7.05 Å². The van der Waals surface area contributed by atoms with E-state index in [-0.39, 0.29) is 5.97 Å². The molecule has 0 saturated carbocycles. The average Bonchev–Trinajstić information content (AvgIpc) is 2.75. The molecule has 5 heteroatoms. The fourth-order valence-corrected chi connectivity index (χ4v) is 2.06. The van der Waals surface area contributed by atoms with Gasteiger partial charge in [0.25, 0.3) is 0 Å². The second-order valence-corrected chi connectivity index (χ2v) is 5.42. The summed E-state index contributed by atoms with van der Waals surface area (Å²) in [6, 6.07) is 0. The van der Waals surface area contributed by atoms with Crippen molar-refractivity contribution in [1.29, 1.82) is 0 Å². The van der Waals surface area contributed by atoms with E-state index in [0.717, 1.165) is 24.6 Å². The first-order chi connectivity index (χ1) is 9.56. The summed E-state index contributed by atoms with van der Waals surface area (Å²) in [6.45, 7) is 8.28. The molecule has 1 N–H and O–H groups in total. The Kier molecular flexibility index (Phi) is 7.30. The van der Waals surface area contributed by atoms with Gasteiger partial charge >= 0.3 is 5.97 Å². The molecule has 0 bridgehead atoms. The molecule has 0 aliphatic rings. The van der Waals surface area contributed by atoms with Crippen molar-refractivity contribution < 1.29 is 9.53 Å². The molecule has 1 heterocycles. The van der Waals surface area contributed by atoms with Gasteiger partial charge in [0.05, 0.1) is 18.5 Å². The highest BCUT2D eigenvalue weighted by Gasteiger charge is 2.16. The minimum Gasteiger partial charge on any atom is -0.462 e. The molecule has 1 aromatic heterocycles. The van der Waals surface area contributed by atoms with Crippen LogP contribution in [0.4, 0.5) is 0 Å². The SMILES string of the molecule is CCOC(=O)c1cnn(C)c1CNCCCCC(C)C. The van der Waals surface area contributed by atoms with Crippen LogP contribution in [-0.2, 0) is 18.3 Å². The number of nitrogens with zero attached hydrogens (tertiary/aromatic N) is 2. The van der Waals surface area contributed by atoms with Crippen LogP contribution in [0.5, 0.6) is 0 Å². The Morgan fingerprint density at radius 3 is 2.85 bits per heavy atom. The summed E-state index contributed by atoms with van der Waals surface area (Å²) in [6.07, 6.45) is 5.24. The number of hydrogen-bond acceptors (Lipinski definition) is 4. The number of nitrogens with one attached hydrogen (secondary N) is 1. The van der Waals surface area contributed by atoms with Gasteiger partial charge in [-0.2, -0.15) is 5.10 Å². The maximum absolute atomic E-state index is 11.8. The summed E-state index contributed by atoms with van der Waals surface area (Å²) in [7, 11) is 1.85. The van der Waals surface area contributed by atoms with E-state index in [4.69, 9.17) is 4.74 Å². The van der Waals surface area contributed by atoms with Gasteiger partial charge in [-0.05, 0) is 25.8 Å². The summed E-state index contributed by atoms with van der Waals surface area (Å²) in [5.74, 6) is 0.472. The highest BCUT2D eigenvalue weighted by Crippen LogP contribution is 2.10. The lowest BCUT2D eigenvalue weighted by atomic mass is 10.1. The van der Waals surface area contributed by atoms with Crippen LogP contribution < -0.4 is 5.32 Å². The zero-order chi connectivity index (χ0) is 15.0. The molecule has 0 spiro atoms. The highest BCUT2D eigenvalue weighted by molar-refractivity contribution is 5.90. The molecule has 1 rings (SSSR count). The number of carbonyl (C=O) groups excluding carboxylic acids is 1. The maximum atomic E-state index is 11.8. The molecule has 0 atom stereocenters. The highest BCUT2D eigenvalue weighted by atomic mass is 16.5. The zero-order valence-electron chi connectivity index (χ0n) is 13.1. The molecule has 0 aliphatic carbocycles. The molecular formula is C15H27N3O2. The molecule has 0 unspecified atom stereocenters. The number of unbranched alkanes of at least 4 members (excludes halogenated alkanes) is 1. The minimum atomic E-state index is -0.294. The van der Waals surface area contributed by atoms with Crippen molar-refractivity contribution in [1.82, 2.24) is 15.1 Å². The molecule has 0 aromatic carbocycles. The Morgan fingerprint density at radius 2 is 2.20 bits per heavy atom. The van der Waals surface area contributed by atoms with Gasteiger partial charge in [-0.25, -0.2) is 4.79 Å². The van der Waals surface area contributed by atoms with Crippen molar-refractivity contribution in [3.05, 3.63) is 17.5 Å². The first-order valence-corrected chi connectivity index (χ1v) is 7.45. The largest absolute Gasteiger partial charge is 0.462 e. The van der Waals surface area contributed by atoms with Gasteiger partial charge in [0, 0.05) is 13.6 Å². The summed E-state index contributed by atoms with van der Waals surface area (Å²) in [5.41, 5.74) is 1.44. The molecule has 20 heavy (non-hydrogen) atoms. The number of esters is 1. The fraction of sp³-hybridized carbons (Fsp3) is 0.733. The van der Waals surface area contributed by atoms with Crippen molar-refractivity contribution in [3.8, 4) is 0 Å². The third kappa shape index (κ3) is 5.33. The van der Waals surface area contributed by atoms with Crippen LogP contribution in [0.3, 0.4) is 0 Å². The normalized spacial score (nSPS) is 11.1. The summed E-state index contributed by atoms with van der Waals surface area (Å²) in [4.78, 5) is 11.8. The molecule has 5 nitrogen and oxygen atoms in total. The van der Waals surface area contributed by atoms with E-state index < -0.39 is 0 Å². The van der Waals surface area contributed by atoms with E-state index >= 15 is 0 Å². The number of aromatic nitrogens is 2. The monoisotopic (exact) mass is 281 g/mol. The molecule has 0 amide bonds. The summed E-state index contributed by atoms with van der Waals surface area (Å²) in [5, 5.41) is 7.51. The maximum Gasteiger partial charge on any atom is 0.341 e. The molecular weight excluding hydrogens is 254 g/mol. The van der Waals surface area contributed by atoms with E-state index in [2.05, 4.69) is 24.3 Å². The van der Waals surface area contributed by atoms with Crippen molar-refractivity contribution in [2.45, 2.75) is 46.6 Å². The molecule has 1 aromatic rings. The van der Waals surface area contributed by atoms with Gasteiger partial charge < -0.3 is 10.1 Å². The van der Waals surface area contributed by atoms with E-state index in [0.29, 0.717) is 18.7 Å². The lowest BCUT2D eigenvalue weighted by Gasteiger charge is -2.08. The van der Waals surface area contributed by atoms with Crippen LogP contribution in [0.1, 0.15) is 56.1 Å². The first-order valence-electron chi connectivity index (χ1n) is 7.45. The molecule has 114 valence electrons. The van der Waals surface area contributed by atoms with Gasteiger partial charge in [-0.15, -0.1) is 0 Å². The van der Waals surface area contributed by atoms with Crippen molar-refractivity contribution >= 4 is 5.97 Å². The van der Waals surface area contributed by atoms with Gasteiger partial charge in [0.1, 0.15) is 5.56 Å². The quantitative estimate of drug-likeness (QED) is 0.558. The predicted octanol–water partition coefficient (Wildman–Crippen LogP) is 2.51. The van der Waals surface area contributed by atoms with Crippen LogP contribution >= 0.6 is 0 Å². The van der Waals surface area contributed by atoms with Crippen LogP contribution in [0.2, 0.25) is 0 Å². The van der Waals surface area contributed by atoms with Gasteiger partial charge in [-0.1, -0.05) is 26.7 Å². The van der Waals surface area contributed by atoms with Gasteiger partial charge in [0.2, 0.25) is 0 Å². The Morgan fingerprint density at radius 1 is 1.45 bits per heavy atom. The van der Waals surface area contributed by atoms with Crippen molar-refractivity contribution in [2.24, 2.45) is 13.0 Å². The number of ether oxygens (including phenoxy) is 1. The Balaban J connectivity index is 2.39. The fourth-order valence-electron chi connectivity index (χ4n) is 2.06. The number of rotatable bonds is 9. The third-order valence-electron chi connectivity index (χ3n) is 3.23. The standard InChI is InChI=1S/C15H27N3O2/c1-5-20-15(19)13-10-17-18(4)14(13)11-16-9-7-6-8-12(2)3/h10,12,16H,5-9,11H2,1-4H3. The van der Waals surface area contributed by atoms with Gasteiger partial charge in [-0.3, -0.25) is 4.68 Å². The van der Waals surface area contributed by atoms with E-state index in [9.17, 15) is 4.79 Å². The molecule has 0 aliphatic heterocycles. The second kappa shape index (κ2) is 8.74. The zero-order valence-corrected chi connectivity index (χ0v) is 13.1. The average molecular weight is 281 g/mol. The van der Waals surface area contributed by atoms with E-state index in [1.54, 1.807) is 17.8 Å². The third-order valence-corrected chi connectivity index (χ3v) is 3.23. The molecule has 0 radical (unpaired) electrons. The topological polar surface area (TPSA) is 56.1 Å². The Bertz CT molecular complexity index is 413. The number of aryl methyl sites for hydroxylation is 1. The van der Waals surface area contributed by atoms with Crippen LogP contribution in [0, 0.1) is 5.92 Å². The lowest BCUT2D eigenvalue weighted by Crippen LogP contribution is -2.19. The molecule has 0 saturated heterocycles. The predicted molar refractivity (Wildman–Crippen MR) is 79.6 cm³/mol. The minimum absolute atomic E-state index is 0.294. The van der Waals surface area contributed by atoms with Crippen LogP contribution in [-0.4, -0.2) is 28.9 Å². The second-order valence-electron chi connectivity index (χ2n) is 5.42. The smallest absolute Gasteiger partial charge is 0.341 e. The number of carbonyl (C=O) groups is 1. The first kappa shape index (κ1) is 16.7. The lowest BCUT2D eigenvalue weighted by molar-refractivity contribution is 0.0524. The van der Waals surface area contributed by atoms with Crippen molar-refractivity contribution in [3.63, 3.8) is 0 Å². The van der Waals surface area contributed by atoms with E-state index in [1.165, 1.54) is 12.8 Å². The number of hydrogen-bond donors (Lipinski definition) is 1. The van der Waals surface area contributed by atoms with Crippen LogP contribution in [0.25, 0.3) is 0 Å². The van der Waals surface area contributed by atoms with Crippen LogP contribution in [0.15, 0.2) is 6.20 Å². The van der Waals surface area contributed by atoms with Crippen molar-refractivity contribution in [2.75, 3.05) is 13.2 Å². The van der Waals surface area contributed by atoms with Gasteiger partial charge in [0.15, 0.2) is 0 Å².